The highest BCUT2D eigenvalue weighted by molar-refractivity contribution is 5.37. The van der Waals surface area contributed by atoms with Crippen LogP contribution < -0.4 is 4.74 Å². The van der Waals surface area contributed by atoms with Gasteiger partial charge in [-0.2, -0.15) is 0 Å². The highest BCUT2D eigenvalue weighted by Crippen LogP contribution is 2.29. The molecule has 1 aromatic rings. The van der Waals surface area contributed by atoms with Gasteiger partial charge in [0.2, 0.25) is 0 Å². The van der Waals surface area contributed by atoms with Crippen molar-refractivity contribution in [2.75, 3.05) is 20.6 Å². The third-order valence-electron chi connectivity index (χ3n) is 2.61. The van der Waals surface area contributed by atoms with Crippen LogP contribution in [0.2, 0.25) is 0 Å². The lowest BCUT2D eigenvalue weighted by atomic mass is 10.1. The maximum atomic E-state index is 5.83. The van der Waals surface area contributed by atoms with Crippen molar-refractivity contribution >= 4 is 0 Å². The van der Waals surface area contributed by atoms with Gasteiger partial charge in [-0.1, -0.05) is 18.2 Å². The first kappa shape index (κ1) is 9.53. The Morgan fingerprint density at radius 3 is 2.86 bits per heavy atom. The molecular formula is C12H17NO. The Bertz CT molecular complexity index is 284. The summed E-state index contributed by atoms with van der Waals surface area (Å²) < 4.78 is 5.83. The summed E-state index contributed by atoms with van der Waals surface area (Å²) in [5.74, 6) is 1.08. The van der Waals surface area contributed by atoms with E-state index in [0.29, 0.717) is 6.10 Å². The van der Waals surface area contributed by atoms with Crippen LogP contribution in [0.1, 0.15) is 12.0 Å². The number of ether oxygens (including phenoxy) is 1. The average Bonchev–Trinajstić information content (AvgIpc) is 2.57. The van der Waals surface area contributed by atoms with Gasteiger partial charge in [0, 0.05) is 13.0 Å². The second kappa shape index (κ2) is 4.01. The minimum Gasteiger partial charge on any atom is -0.490 e. The molecule has 0 amide bonds. The second-order valence-corrected chi connectivity index (χ2v) is 4.14. The molecule has 0 saturated heterocycles. The normalized spacial score (nSPS) is 19.5. The van der Waals surface area contributed by atoms with Gasteiger partial charge in [0.05, 0.1) is 0 Å². The molecule has 1 aliphatic rings. The van der Waals surface area contributed by atoms with Gasteiger partial charge in [-0.15, -0.1) is 0 Å². The zero-order valence-electron chi connectivity index (χ0n) is 8.86. The quantitative estimate of drug-likeness (QED) is 0.724. The molecule has 0 aromatic heterocycles. The lowest BCUT2D eigenvalue weighted by molar-refractivity contribution is 0.203. The SMILES string of the molecule is CN(C)CCC1Cc2ccccc2O1. The molecule has 2 rings (SSSR count). The number of nitrogens with zero attached hydrogens (tertiary/aromatic N) is 1. The molecule has 0 aliphatic carbocycles. The molecular weight excluding hydrogens is 174 g/mol. The van der Waals surface area contributed by atoms with Gasteiger partial charge in [0.25, 0.3) is 0 Å². The standard InChI is InChI=1S/C12H17NO/c1-13(2)8-7-11-9-10-5-3-4-6-12(10)14-11/h3-6,11H,7-9H2,1-2H3. The van der Waals surface area contributed by atoms with Crippen molar-refractivity contribution < 1.29 is 4.74 Å². The lowest BCUT2D eigenvalue weighted by Gasteiger charge is -2.14. The van der Waals surface area contributed by atoms with Gasteiger partial charge < -0.3 is 9.64 Å². The van der Waals surface area contributed by atoms with E-state index < -0.39 is 0 Å². The molecule has 1 aliphatic heterocycles. The van der Waals surface area contributed by atoms with E-state index in [1.54, 1.807) is 0 Å². The van der Waals surface area contributed by atoms with Crippen molar-refractivity contribution in [3.05, 3.63) is 29.8 Å². The zero-order chi connectivity index (χ0) is 9.97. The van der Waals surface area contributed by atoms with Crippen LogP contribution >= 0.6 is 0 Å². The average molecular weight is 191 g/mol. The van der Waals surface area contributed by atoms with E-state index in [-0.39, 0.29) is 0 Å². The molecule has 1 heterocycles. The fourth-order valence-electron chi connectivity index (χ4n) is 1.82. The molecule has 0 N–H and O–H groups in total. The highest BCUT2D eigenvalue weighted by atomic mass is 16.5. The smallest absolute Gasteiger partial charge is 0.123 e. The third-order valence-corrected chi connectivity index (χ3v) is 2.61. The summed E-state index contributed by atoms with van der Waals surface area (Å²) in [5.41, 5.74) is 1.36. The Balaban J connectivity index is 1.92. The monoisotopic (exact) mass is 191 g/mol. The van der Waals surface area contributed by atoms with Crippen LogP contribution in [0.5, 0.6) is 5.75 Å². The number of rotatable bonds is 3. The van der Waals surface area contributed by atoms with E-state index in [1.165, 1.54) is 5.56 Å². The van der Waals surface area contributed by atoms with E-state index in [4.69, 9.17) is 4.74 Å². The van der Waals surface area contributed by atoms with Crippen LogP contribution in [0.25, 0.3) is 0 Å². The summed E-state index contributed by atoms with van der Waals surface area (Å²) in [6.45, 7) is 1.10. The van der Waals surface area contributed by atoms with Gasteiger partial charge in [-0.25, -0.2) is 0 Å². The van der Waals surface area contributed by atoms with E-state index >= 15 is 0 Å². The Morgan fingerprint density at radius 2 is 2.14 bits per heavy atom. The van der Waals surface area contributed by atoms with Crippen LogP contribution in [0.4, 0.5) is 0 Å². The first-order valence-electron chi connectivity index (χ1n) is 5.15. The first-order valence-corrected chi connectivity index (χ1v) is 5.15. The number of fused-ring (bicyclic) bond motifs is 1. The highest BCUT2D eigenvalue weighted by Gasteiger charge is 2.21. The van der Waals surface area contributed by atoms with Gasteiger partial charge >= 0.3 is 0 Å². The molecule has 76 valence electrons. The molecule has 0 spiro atoms. The summed E-state index contributed by atoms with van der Waals surface area (Å²) in [6.07, 6.45) is 2.57. The van der Waals surface area contributed by atoms with E-state index in [9.17, 15) is 0 Å². The summed E-state index contributed by atoms with van der Waals surface area (Å²) in [5, 5.41) is 0. The molecule has 0 radical (unpaired) electrons. The Labute approximate surface area is 85.5 Å². The fourth-order valence-corrected chi connectivity index (χ4v) is 1.82. The summed E-state index contributed by atoms with van der Waals surface area (Å²) in [6, 6.07) is 8.33. The predicted octanol–water partition coefficient (Wildman–Crippen LogP) is 1.94. The maximum absolute atomic E-state index is 5.83. The zero-order valence-corrected chi connectivity index (χ0v) is 8.86. The van der Waals surface area contributed by atoms with Crippen molar-refractivity contribution in [3.8, 4) is 5.75 Å². The second-order valence-electron chi connectivity index (χ2n) is 4.14. The number of hydrogen-bond donors (Lipinski definition) is 0. The van der Waals surface area contributed by atoms with Crippen molar-refractivity contribution in [2.45, 2.75) is 18.9 Å². The van der Waals surface area contributed by atoms with Gasteiger partial charge in [-0.05, 0) is 32.1 Å². The largest absolute Gasteiger partial charge is 0.490 e. The Morgan fingerprint density at radius 1 is 1.36 bits per heavy atom. The molecule has 1 unspecified atom stereocenters. The summed E-state index contributed by atoms with van der Waals surface area (Å²) in [4.78, 5) is 2.20. The molecule has 14 heavy (non-hydrogen) atoms. The molecule has 0 fully saturated rings. The Kier molecular flexibility index (Phi) is 2.73. The summed E-state index contributed by atoms with van der Waals surface area (Å²) >= 11 is 0. The molecule has 1 atom stereocenters. The van der Waals surface area contributed by atoms with Gasteiger partial charge in [-0.3, -0.25) is 0 Å². The van der Waals surface area contributed by atoms with Crippen molar-refractivity contribution in [2.24, 2.45) is 0 Å². The van der Waals surface area contributed by atoms with Gasteiger partial charge in [0.15, 0.2) is 0 Å². The van der Waals surface area contributed by atoms with Crippen LogP contribution in [0.15, 0.2) is 24.3 Å². The number of para-hydroxylation sites is 1. The van der Waals surface area contributed by atoms with Crippen molar-refractivity contribution in [3.63, 3.8) is 0 Å². The lowest BCUT2D eigenvalue weighted by Crippen LogP contribution is -2.22. The molecule has 2 nitrogen and oxygen atoms in total. The first-order chi connectivity index (χ1) is 6.75. The minimum atomic E-state index is 0.384. The fraction of sp³-hybridized carbons (Fsp3) is 0.500. The van der Waals surface area contributed by atoms with Crippen LogP contribution in [0, 0.1) is 0 Å². The van der Waals surface area contributed by atoms with E-state index in [1.807, 2.05) is 6.07 Å². The van der Waals surface area contributed by atoms with E-state index in [0.717, 1.165) is 25.1 Å². The van der Waals surface area contributed by atoms with Crippen molar-refractivity contribution in [1.82, 2.24) is 4.90 Å². The molecule has 1 aromatic carbocycles. The molecule has 0 saturated carbocycles. The van der Waals surface area contributed by atoms with Gasteiger partial charge in [0.1, 0.15) is 11.9 Å². The minimum absolute atomic E-state index is 0.384. The molecule has 2 heteroatoms. The van der Waals surface area contributed by atoms with Crippen LogP contribution in [-0.4, -0.2) is 31.6 Å². The maximum Gasteiger partial charge on any atom is 0.123 e. The van der Waals surface area contributed by atoms with E-state index in [2.05, 4.69) is 37.2 Å². The number of benzene rings is 1. The Hall–Kier alpha value is -1.02. The predicted molar refractivity (Wildman–Crippen MR) is 57.7 cm³/mol. The summed E-state index contributed by atoms with van der Waals surface area (Å²) in [7, 11) is 4.20. The van der Waals surface area contributed by atoms with Crippen LogP contribution in [-0.2, 0) is 6.42 Å². The van der Waals surface area contributed by atoms with Crippen LogP contribution in [0.3, 0.4) is 0 Å². The molecule has 0 bridgehead atoms. The third kappa shape index (κ3) is 2.07. The van der Waals surface area contributed by atoms with Crippen molar-refractivity contribution in [1.29, 1.82) is 0 Å². The number of hydrogen-bond acceptors (Lipinski definition) is 2. The topological polar surface area (TPSA) is 12.5 Å².